The average molecular weight is 227 g/mol. The van der Waals surface area contributed by atoms with Crippen molar-refractivity contribution in [1.29, 1.82) is 0 Å². The van der Waals surface area contributed by atoms with E-state index in [0.29, 0.717) is 19.5 Å². The summed E-state index contributed by atoms with van der Waals surface area (Å²) >= 11 is 1.57. The van der Waals surface area contributed by atoms with Gasteiger partial charge < -0.3 is 11.1 Å². The number of hydrogen-bond acceptors (Lipinski definition) is 4. The Morgan fingerprint density at radius 1 is 1.60 bits per heavy atom. The van der Waals surface area contributed by atoms with Crippen molar-refractivity contribution in [2.75, 3.05) is 6.54 Å². The summed E-state index contributed by atoms with van der Waals surface area (Å²) in [5.74, 6) is 0.0938. The van der Waals surface area contributed by atoms with Gasteiger partial charge in [-0.1, -0.05) is 0 Å². The number of rotatable bonds is 6. The molecule has 1 aromatic heterocycles. The molecule has 0 fully saturated rings. The number of unbranched alkanes of at least 4 members (excludes halogenated alkanes) is 1. The zero-order valence-electron chi connectivity index (χ0n) is 8.95. The Morgan fingerprint density at radius 2 is 2.40 bits per heavy atom. The predicted molar refractivity (Wildman–Crippen MR) is 61.6 cm³/mol. The van der Waals surface area contributed by atoms with Crippen LogP contribution in [0.25, 0.3) is 0 Å². The molecule has 0 saturated heterocycles. The first kappa shape index (κ1) is 12.1. The highest BCUT2D eigenvalue weighted by Gasteiger charge is 2.04. The fourth-order valence-corrected chi connectivity index (χ4v) is 1.91. The van der Waals surface area contributed by atoms with Gasteiger partial charge in [0.05, 0.1) is 17.7 Å². The van der Waals surface area contributed by atoms with Crippen molar-refractivity contribution in [1.82, 2.24) is 10.3 Å². The molecule has 0 aliphatic heterocycles. The number of nitrogens with one attached hydrogen (secondary N) is 1. The van der Waals surface area contributed by atoms with Gasteiger partial charge in [0.1, 0.15) is 0 Å². The Balaban J connectivity index is 2.20. The van der Waals surface area contributed by atoms with Crippen molar-refractivity contribution in [3.8, 4) is 0 Å². The molecule has 0 atom stereocenters. The summed E-state index contributed by atoms with van der Waals surface area (Å²) in [7, 11) is 0. The molecular weight excluding hydrogens is 210 g/mol. The molecule has 0 saturated carbocycles. The zero-order valence-corrected chi connectivity index (χ0v) is 9.77. The van der Waals surface area contributed by atoms with E-state index in [1.165, 1.54) is 0 Å². The predicted octanol–water partition coefficient (Wildman–Crippen LogP) is 1.20. The lowest BCUT2D eigenvalue weighted by atomic mass is 10.2. The van der Waals surface area contributed by atoms with E-state index in [-0.39, 0.29) is 5.91 Å². The van der Waals surface area contributed by atoms with Gasteiger partial charge >= 0.3 is 0 Å². The summed E-state index contributed by atoms with van der Waals surface area (Å²) in [6, 6.07) is 0. The zero-order chi connectivity index (χ0) is 11.1. The van der Waals surface area contributed by atoms with Gasteiger partial charge in [-0.15, -0.1) is 11.3 Å². The summed E-state index contributed by atoms with van der Waals surface area (Å²) in [6.07, 6.45) is 2.34. The third-order valence-electron chi connectivity index (χ3n) is 2.15. The van der Waals surface area contributed by atoms with E-state index in [9.17, 15) is 4.79 Å². The molecule has 0 unspecified atom stereocenters. The molecule has 1 aromatic rings. The maximum Gasteiger partial charge on any atom is 0.220 e. The van der Waals surface area contributed by atoms with Crippen molar-refractivity contribution < 1.29 is 4.79 Å². The lowest BCUT2D eigenvalue weighted by Gasteiger charge is -2.03. The van der Waals surface area contributed by atoms with Gasteiger partial charge in [-0.05, 0) is 26.3 Å². The number of hydrogen-bond donors (Lipinski definition) is 2. The fourth-order valence-electron chi connectivity index (χ4n) is 1.19. The van der Waals surface area contributed by atoms with Gasteiger partial charge in [-0.25, -0.2) is 4.98 Å². The first-order chi connectivity index (χ1) is 7.24. The van der Waals surface area contributed by atoms with Gasteiger partial charge in [0, 0.05) is 11.3 Å². The third kappa shape index (κ3) is 4.40. The van der Waals surface area contributed by atoms with E-state index in [4.69, 9.17) is 5.73 Å². The van der Waals surface area contributed by atoms with Crippen LogP contribution in [0.15, 0.2) is 5.51 Å². The SMILES string of the molecule is Cc1ncsc1CNC(=O)CCCCN. The summed E-state index contributed by atoms with van der Waals surface area (Å²) in [4.78, 5) is 16.6. The van der Waals surface area contributed by atoms with E-state index in [0.717, 1.165) is 23.4 Å². The van der Waals surface area contributed by atoms with Crippen LogP contribution < -0.4 is 11.1 Å². The first-order valence-corrected chi connectivity index (χ1v) is 5.97. The molecule has 0 aliphatic carbocycles. The topological polar surface area (TPSA) is 68.0 Å². The maximum absolute atomic E-state index is 11.4. The van der Waals surface area contributed by atoms with Gasteiger partial charge in [-0.2, -0.15) is 0 Å². The van der Waals surface area contributed by atoms with E-state index >= 15 is 0 Å². The standard InChI is InChI=1S/C10H17N3OS/c1-8-9(15-7-13-8)6-12-10(14)4-2-3-5-11/h7H,2-6,11H2,1H3,(H,12,14). The van der Waals surface area contributed by atoms with Crippen molar-refractivity contribution in [3.63, 3.8) is 0 Å². The highest BCUT2D eigenvalue weighted by molar-refractivity contribution is 7.09. The van der Waals surface area contributed by atoms with E-state index in [1.807, 2.05) is 6.92 Å². The Hall–Kier alpha value is -0.940. The van der Waals surface area contributed by atoms with Crippen LogP contribution in [0.2, 0.25) is 0 Å². The lowest BCUT2D eigenvalue weighted by molar-refractivity contribution is -0.121. The van der Waals surface area contributed by atoms with Crippen LogP contribution in [0.1, 0.15) is 29.8 Å². The normalized spacial score (nSPS) is 10.3. The molecule has 15 heavy (non-hydrogen) atoms. The number of nitrogens with zero attached hydrogens (tertiary/aromatic N) is 1. The van der Waals surface area contributed by atoms with E-state index in [1.54, 1.807) is 16.8 Å². The van der Waals surface area contributed by atoms with Crippen LogP contribution in [-0.2, 0) is 11.3 Å². The first-order valence-electron chi connectivity index (χ1n) is 5.09. The number of aromatic nitrogens is 1. The molecule has 1 rings (SSSR count). The molecule has 1 amide bonds. The van der Waals surface area contributed by atoms with Gasteiger partial charge in [0.25, 0.3) is 0 Å². The summed E-state index contributed by atoms with van der Waals surface area (Å²) < 4.78 is 0. The molecular formula is C10H17N3OS. The van der Waals surface area contributed by atoms with Gasteiger partial charge in [-0.3, -0.25) is 4.79 Å². The highest BCUT2D eigenvalue weighted by Crippen LogP contribution is 2.11. The van der Waals surface area contributed by atoms with Crippen LogP contribution in [0.5, 0.6) is 0 Å². The maximum atomic E-state index is 11.4. The molecule has 0 spiro atoms. The van der Waals surface area contributed by atoms with Gasteiger partial charge in [0.2, 0.25) is 5.91 Å². The Bertz CT molecular complexity index is 311. The molecule has 84 valence electrons. The monoisotopic (exact) mass is 227 g/mol. The van der Waals surface area contributed by atoms with Crippen LogP contribution >= 0.6 is 11.3 Å². The van der Waals surface area contributed by atoms with Crippen molar-refractivity contribution >= 4 is 17.2 Å². The summed E-state index contributed by atoms with van der Waals surface area (Å²) in [6.45, 7) is 3.20. The highest BCUT2D eigenvalue weighted by atomic mass is 32.1. The van der Waals surface area contributed by atoms with Gasteiger partial charge in [0.15, 0.2) is 0 Å². The molecule has 0 radical (unpaired) electrons. The van der Waals surface area contributed by atoms with Crippen LogP contribution in [0.4, 0.5) is 0 Å². The quantitative estimate of drug-likeness (QED) is 0.717. The second-order valence-corrected chi connectivity index (χ2v) is 4.32. The minimum atomic E-state index is 0.0938. The van der Waals surface area contributed by atoms with Crippen LogP contribution in [-0.4, -0.2) is 17.4 Å². The fraction of sp³-hybridized carbons (Fsp3) is 0.600. The number of carbonyl (C=O) groups is 1. The van der Waals surface area contributed by atoms with Crippen molar-refractivity contribution in [3.05, 3.63) is 16.1 Å². The van der Waals surface area contributed by atoms with E-state index in [2.05, 4.69) is 10.3 Å². The summed E-state index contributed by atoms with van der Waals surface area (Å²) in [5.41, 5.74) is 8.15. The Kier molecular flexibility index (Phi) is 5.28. The second-order valence-electron chi connectivity index (χ2n) is 3.38. The molecule has 5 heteroatoms. The van der Waals surface area contributed by atoms with Crippen molar-refractivity contribution in [2.24, 2.45) is 5.73 Å². The number of nitrogens with two attached hydrogens (primary N) is 1. The molecule has 4 nitrogen and oxygen atoms in total. The average Bonchev–Trinajstić information content (AvgIpc) is 2.61. The summed E-state index contributed by atoms with van der Waals surface area (Å²) in [5, 5.41) is 2.88. The molecule has 0 aliphatic rings. The largest absolute Gasteiger partial charge is 0.351 e. The Morgan fingerprint density at radius 3 is 3.00 bits per heavy atom. The number of aryl methyl sites for hydroxylation is 1. The number of amides is 1. The Labute approximate surface area is 93.9 Å². The number of carbonyl (C=O) groups excluding carboxylic acids is 1. The van der Waals surface area contributed by atoms with E-state index < -0.39 is 0 Å². The molecule has 3 N–H and O–H groups in total. The third-order valence-corrected chi connectivity index (χ3v) is 3.08. The number of thiazole rings is 1. The molecule has 1 heterocycles. The van der Waals surface area contributed by atoms with Crippen LogP contribution in [0, 0.1) is 6.92 Å². The van der Waals surface area contributed by atoms with Crippen molar-refractivity contribution in [2.45, 2.75) is 32.7 Å². The smallest absolute Gasteiger partial charge is 0.220 e. The molecule has 0 bridgehead atoms. The minimum Gasteiger partial charge on any atom is -0.351 e. The minimum absolute atomic E-state index is 0.0938. The lowest BCUT2D eigenvalue weighted by Crippen LogP contribution is -2.22. The second kappa shape index (κ2) is 6.53. The van der Waals surface area contributed by atoms with Crippen LogP contribution in [0.3, 0.4) is 0 Å². The molecule has 0 aromatic carbocycles.